The Morgan fingerprint density at radius 2 is 1.88 bits per heavy atom. The van der Waals surface area contributed by atoms with Gasteiger partial charge >= 0.3 is 0 Å². The lowest BCUT2D eigenvalue weighted by Gasteiger charge is -2.28. The molecule has 2 saturated heterocycles. The molecule has 0 N–H and O–H groups in total. The zero-order chi connectivity index (χ0) is 16.7. The highest BCUT2D eigenvalue weighted by atomic mass is 35.5. The smallest absolute Gasteiger partial charge is 0.227 e. The van der Waals surface area contributed by atoms with Crippen molar-refractivity contribution in [3.8, 4) is 0 Å². The van der Waals surface area contributed by atoms with Crippen molar-refractivity contribution >= 4 is 17.5 Å². The highest BCUT2D eigenvalue weighted by Gasteiger charge is 2.51. The number of hydrogen-bond donors (Lipinski definition) is 0. The number of carbonyl (C=O) groups excluding carboxylic acids is 1. The van der Waals surface area contributed by atoms with Gasteiger partial charge in [-0.15, -0.1) is 0 Å². The van der Waals surface area contributed by atoms with Gasteiger partial charge in [-0.1, -0.05) is 36.2 Å². The van der Waals surface area contributed by atoms with Crippen LogP contribution in [0.2, 0.25) is 5.02 Å². The second-order valence-corrected chi connectivity index (χ2v) is 8.25. The van der Waals surface area contributed by atoms with Crippen LogP contribution < -0.4 is 0 Å². The minimum absolute atomic E-state index is 0.200. The van der Waals surface area contributed by atoms with Gasteiger partial charge in [-0.25, -0.2) is 0 Å². The highest BCUT2D eigenvalue weighted by Crippen LogP contribution is 2.54. The van der Waals surface area contributed by atoms with E-state index in [0.717, 1.165) is 18.0 Å². The van der Waals surface area contributed by atoms with Crippen LogP contribution in [0.25, 0.3) is 0 Å². The van der Waals surface area contributed by atoms with Crippen LogP contribution in [0.1, 0.15) is 43.6 Å². The summed E-state index contributed by atoms with van der Waals surface area (Å²) in [4.78, 5) is 17.2. The Morgan fingerprint density at radius 3 is 2.62 bits per heavy atom. The Bertz CT molecular complexity index is 613. The zero-order valence-electron chi connectivity index (χ0n) is 14.5. The Labute approximate surface area is 150 Å². The first-order valence-electron chi connectivity index (χ1n) is 9.38. The number of rotatable bonds is 4. The number of hydrogen-bond acceptors (Lipinski definition) is 2. The molecule has 1 aromatic carbocycles. The quantitative estimate of drug-likeness (QED) is 0.828. The van der Waals surface area contributed by atoms with Crippen LogP contribution in [0.4, 0.5) is 0 Å². The van der Waals surface area contributed by atoms with Crippen LogP contribution in [-0.2, 0) is 4.79 Å². The molecule has 24 heavy (non-hydrogen) atoms. The summed E-state index contributed by atoms with van der Waals surface area (Å²) in [6, 6.07) is 8.58. The summed E-state index contributed by atoms with van der Waals surface area (Å²) in [5, 5.41) is 0.877. The maximum Gasteiger partial charge on any atom is 0.227 e. The van der Waals surface area contributed by atoms with Crippen molar-refractivity contribution < 1.29 is 4.79 Å². The molecular weight excluding hydrogens is 320 g/mol. The first-order valence-corrected chi connectivity index (χ1v) is 9.76. The van der Waals surface area contributed by atoms with Crippen LogP contribution in [0.5, 0.6) is 0 Å². The Kier molecular flexibility index (Phi) is 4.57. The van der Waals surface area contributed by atoms with Gasteiger partial charge in [-0.3, -0.25) is 4.79 Å². The van der Waals surface area contributed by atoms with E-state index >= 15 is 0 Å². The summed E-state index contributed by atoms with van der Waals surface area (Å²) >= 11 is 6.37. The van der Waals surface area contributed by atoms with Gasteiger partial charge in [0.05, 0.1) is 5.92 Å². The monoisotopic (exact) mass is 346 g/mol. The number of amides is 1. The summed E-state index contributed by atoms with van der Waals surface area (Å²) in [5.41, 5.74) is 1.27. The molecule has 4 rings (SSSR count). The lowest BCUT2D eigenvalue weighted by atomic mass is 9.98. The lowest BCUT2D eigenvalue weighted by Crippen LogP contribution is -2.37. The number of carbonyl (C=O) groups is 1. The van der Waals surface area contributed by atoms with Crippen molar-refractivity contribution in [3.63, 3.8) is 0 Å². The second kappa shape index (κ2) is 6.68. The van der Waals surface area contributed by atoms with E-state index in [1.807, 2.05) is 24.1 Å². The van der Waals surface area contributed by atoms with E-state index in [9.17, 15) is 4.79 Å². The predicted molar refractivity (Wildman–Crippen MR) is 97.3 cm³/mol. The van der Waals surface area contributed by atoms with Crippen LogP contribution in [-0.4, -0.2) is 48.4 Å². The van der Waals surface area contributed by atoms with Gasteiger partial charge < -0.3 is 9.80 Å². The molecule has 3 aliphatic rings. The van der Waals surface area contributed by atoms with Crippen molar-refractivity contribution in [2.45, 2.75) is 44.1 Å². The van der Waals surface area contributed by atoms with Crippen LogP contribution in [0, 0.1) is 11.8 Å². The molecule has 3 fully saturated rings. The average molecular weight is 347 g/mol. The van der Waals surface area contributed by atoms with Gasteiger partial charge in [-0.2, -0.15) is 0 Å². The topological polar surface area (TPSA) is 23.6 Å². The standard InChI is InChI=1S/C20H27ClN2O/c1-22-19(17-12-16(17)15-7-3-4-8-18(15)21)11-14(20(22)24)13-23-9-5-2-6-10-23/h3-4,7-8,14,16-17,19H,2,5-6,9-13H2,1H3/t14-,16-,17+,19?/m1/s1. The molecule has 0 radical (unpaired) electrons. The Morgan fingerprint density at radius 1 is 1.12 bits per heavy atom. The summed E-state index contributed by atoms with van der Waals surface area (Å²) in [6.07, 6.45) is 6.12. The van der Waals surface area contributed by atoms with Gasteiger partial charge in [0.25, 0.3) is 0 Å². The maximum atomic E-state index is 12.7. The minimum Gasteiger partial charge on any atom is -0.342 e. The molecule has 130 valence electrons. The molecule has 4 heteroatoms. The lowest BCUT2D eigenvalue weighted by molar-refractivity contribution is -0.131. The number of halogens is 1. The van der Waals surface area contributed by atoms with E-state index in [4.69, 9.17) is 11.6 Å². The molecule has 2 heterocycles. The fourth-order valence-electron chi connectivity index (χ4n) is 4.84. The van der Waals surface area contributed by atoms with E-state index < -0.39 is 0 Å². The van der Waals surface area contributed by atoms with Gasteiger partial charge in [0.15, 0.2) is 0 Å². The molecule has 0 bridgehead atoms. The zero-order valence-corrected chi connectivity index (χ0v) is 15.2. The summed E-state index contributed by atoms with van der Waals surface area (Å²) < 4.78 is 0. The highest BCUT2D eigenvalue weighted by molar-refractivity contribution is 6.31. The minimum atomic E-state index is 0.200. The molecule has 1 aromatic rings. The molecule has 1 saturated carbocycles. The van der Waals surface area contributed by atoms with Gasteiger partial charge in [-0.05, 0) is 62.2 Å². The third kappa shape index (κ3) is 3.09. The number of piperidine rings is 1. The molecule has 1 unspecified atom stereocenters. The number of likely N-dealkylation sites (tertiary alicyclic amines) is 2. The van der Waals surface area contributed by atoms with E-state index in [0.29, 0.717) is 23.8 Å². The molecule has 0 spiro atoms. The average Bonchev–Trinajstić information content (AvgIpc) is 3.33. The van der Waals surface area contributed by atoms with Gasteiger partial charge in [0.1, 0.15) is 0 Å². The second-order valence-electron chi connectivity index (χ2n) is 7.84. The largest absolute Gasteiger partial charge is 0.342 e. The maximum absolute atomic E-state index is 12.7. The van der Waals surface area contributed by atoms with Gasteiger partial charge in [0.2, 0.25) is 5.91 Å². The summed E-state index contributed by atoms with van der Waals surface area (Å²) in [5.74, 6) is 1.68. The molecule has 1 aliphatic carbocycles. The molecule has 3 nitrogen and oxygen atoms in total. The van der Waals surface area contributed by atoms with Crippen molar-refractivity contribution in [2.75, 3.05) is 26.7 Å². The van der Waals surface area contributed by atoms with E-state index in [1.165, 1.54) is 44.3 Å². The van der Waals surface area contributed by atoms with E-state index in [-0.39, 0.29) is 5.92 Å². The Balaban J connectivity index is 1.40. The van der Waals surface area contributed by atoms with E-state index in [1.54, 1.807) is 0 Å². The molecular formula is C20H27ClN2O. The van der Waals surface area contributed by atoms with Crippen molar-refractivity contribution in [3.05, 3.63) is 34.9 Å². The third-order valence-corrected chi connectivity index (χ3v) is 6.63. The summed E-state index contributed by atoms with van der Waals surface area (Å²) in [7, 11) is 2.01. The number of benzene rings is 1. The van der Waals surface area contributed by atoms with Crippen molar-refractivity contribution in [1.82, 2.24) is 9.80 Å². The fraction of sp³-hybridized carbons (Fsp3) is 0.650. The first kappa shape index (κ1) is 16.4. The van der Waals surface area contributed by atoms with Crippen molar-refractivity contribution in [1.29, 1.82) is 0 Å². The molecule has 2 aliphatic heterocycles. The van der Waals surface area contributed by atoms with Crippen LogP contribution >= 0.6 is 11.6 Å². The molecule has 1 amide bonds. The van der Waals surface area contributed by atoms with Crippen LogP contribution in [0.15, 0.2) is 24.3 Å². The third-order valence-electron chi connectivity index (χ3n) is 6.29. The van der Waals surface area contributed by atoms with Crippen molar-refractivity contribution in [2.24, 2.45) is 11.8 Å². The van der Waals surface area contributed by atoms with Gasteiger partial charge in [0, 0.05) is 24.7 Å². The number of nitrogens with zero attached hydrogens (tertiary/aromatic N) is 2. The first-order chi connectivity index (χ1) is 11.6. The normalized spacial score (nSPS) is 33.9. The predicted octanol–water partition coefficient (Wildman–Crippen LogP) is 3.78. The van der Waals surface area contributed by atoms with Crippen LogP contribution in [0.3, 0.4) is 0 Å². The SMILES string of the molecule is CN1C(=O)[C@@H](CN2CCCCC2)CC1[C@H]1C[C@@H]1c1ccccc1Cl. The molecule has 0 aromatic heterocycles. The fourth-order valence-corrected chi connectivity index (χ4v) is 5.12. The molecule has 4 atom stereocenters. The Hall–Kier alpha value is -1.06. The summed E-state index contributed by atoms with van der Waals surface area (Å²) in [6.45, 7) is 3.30. The van der Waals surface area contributed by atoms with E-state index in [2.05, 4.69) is 17.0 Å².